The van der Waals surface area contributed by atoms with Crippen LogP contribution < -0.4 is 10.1 Å². The van der Waals surface area contributed by atoms with Crippen molar-refractivity contribution in [2.24, 2.45) is 0 Å². The quantitative estimate of drug-likeness (QED) is 0.817. The van der Waals surface area contributed by atoms with Crippen LogP contribution in [-0.4, -0.2) is 47.0 Å². The van der Waals surface area contributed by atoms with Gasteiger partial charge in [0, 0.05) is 31.6 Å². The van der Waals surface area contributed by atoms with E-state index < -0.39 is 0 Å². The maximum Gasteiger partial charge on any atom is 0.260 e. The van der Waals surface area contributed by atoms with E-state index in [4.69, 9.17) is 4.74 Å². The van der Waals surface area contributed by atoms with Gasteiger partial charge in [-0.05, 0) is 18.6 Å². The largest absolute Gasteiger partial charge is 0.484 e. The Hall–Kier alpha value is -2.89. The summed E-state index contributed by atoms with van der Waals surface area (Å²) in [6.07, 6.45) is 4.81. The van der Waals surface area contributed by atoms with Gasteiger partial charge in [-0.2, -0.15) is 0 Å². The molecule has 2 heterocycles. The molecule has 3 rings (SSSR count). The summed E-state index contributed by atoms with van der Waals surface area (Å²) in [6, 6.07) is 9.38. The molecule has 1 aliphatic rings. The van der Waals surface area contributed by atoms with E-state index in [0.717, 1.165) is 29.9 Å². The Bertz CT molecular complexity index is 733. The number of rotatable bonds is 6. The number of ether oxygens (including phenoxy) is 1. The van der Waals surface area contributed by atoms with Crippen molar-refractivity contribution in [2.75, 3.05) is 31.6 Å². The Balaban J connectivity index is 1.61. The molecule has 0 bridgehead atoms. The molecule has 25 heavy (non-hydrogen) atoms. The molecule has 1 aliphatic heterocycles. The molecule has 130 valence electrons. The third kappa shape index (κ3) is 4.35. The van der Waals surface area contributed by atoms with Gasteiger partial charge in [-0.3, -0.25) is 4.79 Å². The lowest BCUT2D eigenvalue weighted by molar-refractivity contribution is -0.133. The van der Waals surface area contributed by atoms with Gasteiger partial charge in [0.2, 0.25) is 0 Å². The lowest BCUT2D eigenvalue weighted by atomic mass is 10.1. The van der Waals surface area contributed by atoms with Crippen LogP contribution in [0.15, 0.2) is 49.3 Å². The first kappa shape index (κ1) is 17.0. The number of amides is 1. The third-order valence-electron chi connectivity index (χ3n) is 4.16. The summed E-state index contributed by atoms with van der Waals surface area (Å²) in [5.41, 5.74) is 2.09. The van der Waals surface area contributed by atoms with Crippen LogP contribution in [0.1, 0.15) is 11.3 Å². The van der Waals surface area contributed by atoms with E-state index in [1.54, 1.807) is 12.4 Å². The SMILES string of the molecule is C=CCNc1ncnc2c1CCN(C(=O)COc1ccccc1)CC2. The molecule has 2 aromatic rings. The van der Waals surface area contributed by atoms with E-state index in [0.29, 0.717) is 25.4 Å². The van der Waals surface area contributed by atoms with Crippen molar-refractivity contribution in [1.29, 1.82) is 0 Å². The summed E-state index contributed by atoms with van der Waals surface area (Å²) in [7, 11) is 0. The minimum atomic E-state index is -0.00906. The van der Waals surface area contributed by atoms with Gasteiger partial charge in [0.05, 0.1) is 5.69 Å². The highest BCUT2D eigenvalue weighted by Gasteiger charge is 2.21. The molecule has 0 atom stereocenters. The van der Waals surface area contributed by atoms with Crippen molar-refractivity contribution >= 4 is 11.7 Å². The zero-order chi connectivity index (χ0) is 17.5. The van der Waals surface area contributed by atoms with Crippen LogP contribution in [0.5, 0.6) is 5.75 Å². The van der Waals surface area contributed by atoms with Crippen molar-refractivity contribution in [3.63, 3.8) is 0 Å². The monoisotopic (exact) mass is 338 g/mol. The fourth-order valence-electron chi connectivity index (χ4n) is 2.85. The molecular formula is C19H22N4O2. The van der Waals surface area contributed by atoms with Gasteiger partial charge in [-0.25, -0.2) is 9.97 Å². The second-order valence-corrected chi connectivity index (χ2v) is 5.80. The number of benzene rings is 1. The van der Waals surface area contributed by atoms with E-state index >= 15 is 0 Å². The number of anilines is 1. The molecule has 0 spiro atoms. The first-order valence-corrected chi connectivity index (χ1v) is 8.41. The van der Waals surface area contributed by atoms with Crippen LogP contribution in [0.4, 0.5) is 5.82 Å². The smallest absolute Gasteiger partial charge is 0.260 e. The number of nitrogens with zero attached hydrogens (tertiary/aromatic N) is 3. The van der Waals surface area contributed by atoms with Gasteiger partial charge in [0.1, 0.15) is 17.9 Å². The van der Waals surface area contributed by atoms with Crippen molar-refractivity contribution in [1.82, 2.24) is 14.9 Å². The summed E-state index contributed by atoms with van der Waals surface area (Å²) in [6.45, 7) is 5.69. The maximum atomic E-state index is 12.5. The normalized spacial score (nSPS) is 13.5. The molecule has 0 radical (unpaired) electrons. The van der Waals surface area contributed by atoms with E-state index in [1.807, 2.05) is 35.2 Å². The molecule has 6 nitrogen and oxygen atoms in total. The molecule has 0 aliphatic carbocycles. The van der Waals surface area contributed by atoms with Crippen LogP contribution >= 0.6 is 0 Å². The zero-order valence-electron chi connectivity index (χ0n) is 14.1. The number of aromatic nitrogens is 2. The fraction of sp³-hybridized carbons (Fsp3) is 0.316. The maximum absolute atomic E-state index is 12.5. The van der Waals surface area contributed by atoms with Crippen LogP contribution in [0, 0.1) is 0 Å². The van der Waals surface area contributed by atoms with E-state index in [2.05, 4.69) is 21.9 Å². The highest BCUT2D eigenvalue weighted by molar-refractivity contribution is 5.78. The summed E-state index contributed by atoms with van der Waals surface area (Å²) in [5, 5.41) is 3.24. The number of hydrogen-bond donors (Lipinski definition) is 1. The highest BCUT2D eigenvalue weighted by Crippen LogP contribution is 2.20. The summed E-state index contributed by atoms with van der Waals surface area (Å²) >= 11 is 0. The van der Waals surface area contributed by atoms with Crippen LogP contribution in [0.25, 0.3) is 0 Å². The first-order valence-electron chi connectivity index (χ1n) is 8.41. The van der Waals surface area contributed by atoms with Gasteiger partial charge in [0.15, 0.2) is 6.61 Å². The molecule has 0 unspecified atom stereocenters. The fourth-order valence-corrected chi connectivity index (χ4v) is 2.85. The number of nitrogens with one attached hydrogen (secondary N) is 1. The van der Waals surface area contributed by atoms with Crippen LogP contribution in [0.2, 0.25) is 0 Å². The van der Waals surface area contributed by atoms with E-state index in [1.165, 1.54) is 0 Å². The lowest BCUT2D eigenvalue weighted by Crippen LogP contribution is -2.36. The second kappa shape index (κ2) is 8.28. The van der Waals surface area contributed by atoms with E-state index in [9.17, 15) is 4.79 Å². The average Bonchev–Trinajstić information content (AvgIpc) is 2.88. The number of carbonyl (C=O) groups is 1. The summed E-state index contributed by atoms with van der Waals surface area (Å²) in [4.78, 5) is 23.0. The van der Waals surface area contributed by atoms with Crippen molar-refractivity contribution in [3.8, 4) is 5.75 Å². The van der Waals surface area contributed by atoms with E-state index in [-0.39, 0.29) is 12.5 Å². The Morgan fingerprint density at radius 2 is 2.04 bits per heavy atom. The molecule has 6 heteroatoms. The number of fused-ring (bicyclic) bond motifs is 1. The molecule has 1 amide bonds. The molecule has 0 fully saturated rings. The number of hydrogen-bond acceptors (Lipinski definition) is 5. The van der Waals surface area contributed by atoms with Crippen LogP contribution in [0.3, 0.4) is 0 Å². The average molecular weight is 338 g/mol. The van der Waals surface area contributed by atoms with Crippen molar-refractivity contribution < 1.29 is 9.53 Å². The Morgan fingerprint density at radius 1 is 1.24 bits per heavy atom. The number of para-hydroxylation sites is 1. The Morgan fingerprint density at radius 3 is 2.84 bits per heavy atom. The summed E-state index contributed by atoms with van der Waals surface area (Å²) < 4.78 is 5.57. The third-order valence-corrected chi connectivity index (χ3v) is 4.16. The minimum absolute atomic E-state index is 0.00906. The first-order chi connectivity index (χ1) is 12.3. The predicted octanol–water partition coefficient (Wildman–Crippen LogP) is 2.08. The number of carbonyl (C=O) groups excluding carboxylic acids is 1. The van der Waals surface area contributed by atoms with Gasteiger partial charge in [-0.15, -0.1) is 6.58 Å². The minimum Gasteiger partial charge on any atom is -0.484 e. The Kier molecular flexibility index (Phi) is 5.61. The topological polar surface area (TPSA) is 67.4 Å². The van der Waals surface area contributed by atoms with Gasteiger partial charge < -0.3 is 15.0 Å². The van der Waals surface area contributed by atoms with Crippen molar-refractivity contribution in [3.05, 3.63) is 60.6 Å². The molecule has 0 saturated carbocycles. The zero-order valence-corrected chi connectivity index (χ0v) is 14.1. The van der Waals surface area contributed by atoms with Crippen LogP contribution in [-0.2, 0) is 17.6 Å². The second-order valence-electron chi connectivity index (χ2n) is 5.80. The van der Waals surface area contributed by atoms with Gasteiger partial charge in [-0.1, -0.05) is 24.3 Å². The van der Waals surface area contributed by atoms with Gasteiger partial charge in [0.25, 0.3) is 5.91 Å². The highest BCUT2D eigenvalue weighted by atomic mass is 16.5. The molecule has 1 aromatic heterocycles. The Labute approximate surface area is 147 Å². The standard InChI is InChI=1S/C19H22N4O2/c1-2-10-20-19-16-8-11-23(12-9-17(16)21-14-22-19)18(24)13-25-15-6-4-3-5-7-15/h2-7,14H,1,8-13H2,(H,20,21,22). The molecular weight excluding hydrogens is 316 g/mol. The molecule has 0 saturated heterocycles. The van der Waals surface area contributed by atoms with Gasteiger partial charge >= 0.3 is 0 Å². The summed E-state index contributed by atoms with van der Waals surface area (Å²) in [5.74, 6) is 1.53. The molecule has 1 N–H and O–H groups in total. The lowest BCUT2D eigenvalue weighted by Gasteiger charge is -2.20. The van der Waals surface area contributed by atoms with Crippen molar-refractivity contribution in [2.45, 2.75) is 12.8 Å². The molecule has 1 aromatic carbocycles. The predicted molar refractivity (Wildman–Crippen MR) is 96.6 cm³/mol.